The van der Waals surface area contributed by atoms with Crippen molar-refractivity contribution in [3.8, 4) is 0 Å². The van der Waals surface area contributed by atoms with Crippen LogP contribution in [0.3, 0.4) is 0 Å². The van der Waals surface area contributed by atoms with Gasteiger partial charge in [-0.05, 0) is 38.5 Å². The standard InChI is InChI=1S/C11H17FN2/c1-4-14(5-2)11-8(3)10(13)7-6-9(11)12/h6-7H,4-5,13H2,1-3H3. The lowest BCUT2D eigenvalue weighted by Crippen LogP contribution is -2.24. The van der Waals surface area contributed by atoms with Gasteiger partial charge in [0.2, 0.25) is 0 Å². The molecular formula is C11H17FN2. The molecule has 1 rings (SSSR count). The Hall–Kier alpha value is -1.25. The number of hydrogen-bond acceptors (Lipinski definition) is 2. The van der Waals surface area contributed by atoms with Crippen LogP contribution in [0.15, 0.2) is 12.1 Å². The lowest BCUT2D eigenvalue weighted by atomic mass is 10.1. The minimum Gasteiger partial charge on any atom is -0.398 e. The topological polar surface area (TPSA) is 29.3 Å². The zero-order chi connectivity index (χ0) is 10.7. The number of rotatable bonds is 3. The molecule has 0 fully saturated rings. The maximum Gasteiger partial charge on any atom is 0.146 e. The fourth-order valence-electron chi connectivity index (χ4n) is 1.61. The minimum absolute atomic E-state index is 0.194. The molecule has 0 aliphatic rings. The summed E-state index contributed by atoms with van der Waals surface area (Å²) in [5.74, 6) is -0.194. The van der Waals surface area contributed by atoms with Gasteiger partial charge in [0.05, 0.1) is 5.69 Å². The van der Waals surface area contributed by atoms with Gasteiger partial charge in [-0.1, -0.05) is 0 Å². The first-order valence-corrected chi connectivity index (χ1v) is 4.91. The molecule has 1 aromatic carbocycles. The Bertz CT molecular complexity index is 319. The van der Waals surface area contributed by atoms with Gasteiger partial charge in [0.15, 0.2) is 0 Å². The summed E-state index contributed by atoms with van der Waals surface area (Å²) in [7, 11) is 0. The van der Waals surface area contributed by atoms with E-state index in [1.54, 1.807) is 6.07 Å². The lowest BCUT2D eigenvalue weighted by molar-refractivity contribution is 0.619. The van der Waals surface area contributed by atoms with Gasteiger partial charge in [-0.15, -0.1) is 0 Å². The highest BCUT2D eigenvalue weighted by atomic mass is 19.1. The zero-order valence-electron chi connectivity index (χ0n) is 8.97. The van der Waals surface area contributed by atoms with E-state index < -0.39 is 0 Å². The van der Waals surface area contributed by atoms with Crippen molar-refractivity contribution >= 4 is 11.4 Å². The fourth-order valence-corrected chi connectivity index (χ4v) is 1.61. The monoisotopic (exact) mass is 196 g/mol. The quantitative estimate of drug-likeness (QED) is 0.753. The van der Waals surface area contributed by atoms with E-state index in [-0.39, 0.29) is 5.82 Å². The summed E-state index contributed by atoms with van der Waals surface area (Å²) in [6.07, 6.45) is 0. The van der Waals surface area contributed by atoms with Crippen molar-refractivity contribution in [2.75, 3.05) is 23.7 Å². The summed E-state index contributed by atoms with van der Waals surface area (Å²) >= 11 is 0. The minimum atomic E-state index is -0.194. The molecule has 0 unspecified atom stereocenters. The van der Waals surface area contributed by atoms with Gasteiger partial charge < -0.3 is 10.6 Å². The van der Waals surface area contributed by atoms with Gasteiger partial charge in [-0.25, -0.2) is 4.39 Å². The van der Waals surface area contributed by atoms with Crippen LogP contribution in [0.5, 0.6) is 0 Å². The van der Waals surface area contributed by atoms with Crippen molar-refractivity contribution in [1.82, 2.24) is 0 Å². The molecule has 0 saturated carbocycles. The summed E-state index contributed by atoms with van der Waals surface area (Å²) in [6, 6.07) is 3.04. The highest BCUT2D eigenvalue weighted by molar-refractivity contribution is 5.64. The maximum absolute atomic E-state index is 13.6. The largest absolute Gasteiger partial charge is 0.398 e. The molecule has 2 nitrogen and oxygen atoms in total. The zero-order valence-corrected chi connectivity index (χ0v) is 8.97. The van der Waals surface area contributed by atoms with E-state index in [2.05, 4.69) is 0 Å². The number of anilines is 2. The first-order chi connectivity index (χ1) is 6.61. The Labute approximate surface area is 84.5 Å². The van der Waals surface area contributed by atoms with Crippen molar-refractivity contribution in [3.63, 3.8) is 0 Å². The third-order valence-electron chi connectivity index (χ3n) is 2.50. The molecule has 0 spiro atoms. The Morgan fingerprint density at radius 2 is 1.86 bits per heavy atom. The highest BCUT2D eigenvalue weighted by Crippen LogP contribution is 2.27. The van der Waals surface area contributed by atoms with E-state index in [0.717, 1.165) is 18.7 Å². The van der Waals surface area contributed by atoms with Gasteiger partial charge in [-0.2, -0.15) is 0 Å². The van der Waals surface area contributed by atoms with E-state index in [0.29, 0.717) is 11.4 Å². The third kappa shape index (κ3) is 1.81. The Morgan fingerprint density at radius 1 is 1.29 bits per heavy atom. The molecule has 1 aromatic rings. The number of benzene rings is 1. The van der Waals surface area contributed by atoms with Crippen molar-refractivity contribution in [1.29, 1.82) is 0 Å². The number of nitrogens with two attached hydrogens (primary N) is 1. The Morgan fingerprint density at radius 3 is 2.36 bits per heavy atom. The van der Waals surface area contributed by atoms with Crippen LogP contribution in [0.25, 0.3) is 0 Å². The number of nitrogen functional groups attached to an aromatic ring is 1. The normalized spacial score (nSPS) is 10.3. The molecule has 0 radical (unpaired) electrons. The second-order valence-corrected chi connectivity index (χ2v) is 3.28. The van der Waals surface area contributed by atoms with Gasteiger partial charge in [-0.3, -0.25) is 0 Å². The summed E-state index contributed by atoms with van der Waals surface area (Å²) in [5.41, 5.74) is 7.85. The van der Waals surface area contributed by atoms with E-state index in [4.69, 9.17) is 5.73 Å². The van der Waals surface area contributed by atoms with Crippen LogP contribution in [-0.2, 0) is 0 Å². The van der Waals surface area contributed by atoms with Crippen LogP contribution >= 0.6 is 0 Å². The van der Waals surface area contributed by atoms with Crippen molar-refractivity contribution in [3.05, 3.63) is 23.5 Å². The summed E-state index contributed by atoms with van der Waals surface area (Å²) in [6.45, 7) is 7.44. The van der Waals surface area contributed by atoms with Crippen LogP contribution in [0.1, 0.15) is 19.4 Å². The number of halogens is 1. The maximum atomic E-state index is 13.6. The first-order valence-electron chi connectivity index (χ1n) is 4.91. The van der Waals surface area contributed by atoms with E-state index in [1.807, 2.05) is 25.7 Å². The number of hydrogen-bond donors (Lipinski definition) is 1. The molecule has 0 aliphatic carbocycles. The molecule has 0 bridgehead atoms. The van der Waals surface area contributed by atoms with Crippen molar-refractivity contribution in [2.45, 2.75) is 20.8 Å². The molecule has 0 aromatic heterocycles. The molecule has 78 valence electrons. The summed E-state index contributed by atoms with van der Waals surface area (Å²) < 4.78 is 13.6. The number of nitrogens with zero attached hydrogens (tertiary/aromatic N) is 1. The molecule has 0 heterocycles. The Kier molecular flexibility index (Phi) is 3.33. The van der Waals surface area contributed by atoms with Gasteiger partial charge >= 0.3 is 0 Å². The first kappa shape index (κ1) is 10.8. The average molecular weight is 196 g/mol. The van der Waals surface area contributed by atoms with Gasteiger partial charge in [0.1, 0.15) is 5.82 Å². The molecule has 0 atom stereocenters. The van der Waals surface area contributed by atoms with Gasteiger partial charge in [0, 0.05) is 18.8 Å². The predicted octanol–water partition coefficient (Wildman–Crippen LogP) is 2.56. The SMILES string of the molecule is CCN(CC)c1c(F)ccc(N)c1C. The van der Waals surface area contributed by atoms with Crippen LogP contribution in [0.4, 0.5) is 15.8 Å². The molecule has 0 amide bonds. The third-order valence-corrected chi connectivity index (χ3v) is 2.50. The van der Waals surface area contributed by atoms with Crippen molar-refractivity contribution < 1.29 is 4.39 Å². The Balaban J connectivity index is 3.23. The second-order valence-electron chi connectivity index (χ2n) is 3.28. The molecule has 0 saturated heterocycles. The molecule has 2 N–H and O–H groups in total. The smallest absolute Gasteiger partial charge is 0.146 e. The average Bonchev–Trinajstić information content (AvgIpc) is 2.19. The molecular weight excluding hydrogens is 179 g/mol. The van der Waals surface area contributed by atoms with Crippen LogP contribution < -0.4 is 10.6 Å². The van der Waals surface area contributed by atoms with Crippen LogP contribution in [0.2, 0.25) is 0 Å². The molecule has 14 heavy (non-hydrogen) atoms. The highest BCUT2D eigenvalue weighted by Gasteiger charge is 2.12. The second kappa shape index (κ2) is 4.31. The summed E-state index contributed by atoms with van der Waals surface area (Å²) in [5, 5.41) is 0. The van der Waals surface area contributed by atoms with E-state index >= 15 is 0 Å². The lowest BCUT2D eigenvalue weighted by Gasteiger charge is -2.24. The summed E-state index contributed by atoms with van der Waals surface area (Å²) in [4.78, 5) is 1.97. The van der Waals surface area contributed by atoms with Gasteiger partial charge in [0.25, 0.3) is 0 Å². The van der Waals surface area contributed by atoms with Crippen LogP contribution in [0, 0.1) is 12.7 Å². The molecule has 3 heteroatoms. The fraction of sp³-hybridized carbons (Fsp3) is 0.455. The van der Waals surface area contributed by atoms with Crippen molar-refractivity contribution in [2.24, 2.45) is 0 Å². The van der Waals surface area contributed by atoms with E-state index in [9.17, 15) is 4.39 Å². The van der Waals surface area contributed by atoms with Crippen LogP contribution in [-0.4, -0.2) is 13.1 Å². The van der Waals surface area contributed by atoms with E-state index in [1.165, 1.54) is 6.07 Å². The molecule has 0 aliphatic heterocycles. The predicted molar refractivity (Wildman–Crippen MR) is 59.1 cm³/mol.